The summed E-state index contributed by atoms with van der Waals surface area (Å²) in [5, 5.41) is 2.58. The van der Waals surface area contributed by atoms with Crippen molar-refractivity contribution in [1.82, 2.24) is 9.78 Å². The Balaban J connectivity index is 3.07. The third-order valence-electron chi connectivity index (χ3n) is 1.78. The van der Waals surface area contributed by atoms with Crippen LogP contribution < -0.4 is 0 Å². The van der Waals surface area contributed by atoms with Crippen LogP contribution in [0.25, 0.3) is 0 Å². The van der Waals surface area contributed by atoms with Gasteiger partial charge in [0.05, 0.1) is 6.61 Å². The van der Waals surface area contributed by atoms with Crippen LogP contribution >= 0.6 is 11.6 Å². The third kappa shape index (κ3) is 3.48. The van der Waals surface area contributed by atoms with E-state index >= 15 is 0 Å². The van der Waals surface area contributed by atoms with Gasteiger partial charge in [-0.2, -0.15) is 5.10 Å². The van der Waals surface area contributed by atoms with E-state index in [1.165, 1.54) is 0 Å². The number of hydrogen-bond acceptors (Lipinski definition) is 4. The highest BCUT2D eigenvalue weighted by Crippen LogP contribution is 2.11. The molecular weight excluding hydrogens is 258 g/mol. The van der Waals surface area contributed by atoms with Crippen molar-refractivity contribution in [1.29, 1.82) is 0 Å². The minimum Gasteiger partial charge on any atom is -0.461 e. The van der Waals surface area contributed by atoms with Gasteiger partial charge in [0.2, 0.25) is 0 Å². The first-order valence-electron chi connectivity index (χ1n) is 4.68. The van der Waals surface area contributed by atoms with Crippen LogP contribution in [0, 0.1) is 0 Å². The molecule has 1 aromatic heterocycles. The molecule has 17 heavy (non-hydrogen) atoms. The lowest BCUT2D eigenvalue weighted by Gasteiger charge is -2.05. The van der Waals surface area contributed by atoms with Crippen molar-refractivity contribution in [3.63, 3.8) is 0 Å². The Morgan fingerprint density at radius 3 is 2.71 bits per heavy atom. The maximum atomic E-state index is 12.2. The number of nitrogens with zero attached hydrogens (tertiary/aromatic N) is 2. The zero-order valence-electron chi connectivity index (χ0n) is 8.82. The van der Waals surface area contributed by atoms with Crippen LogP contribution in [0.15, 0.2) is 6.07 Å². The Hall–Kier alpha value is -1.50. The summed E-state index contributed by atoms with van der Waals surface area (Å²) in [4.78, 5) is 22.2. The van der Waals surface area contributed by atoms with Crippen molar-refractivity contribution in [2.24, 2.45) is 0 Å². The molecule has 1 heterocycles. The molecule has 0 fully saturated rings. The van der Waals surface area contributed by atoms with E-state index in [1.54, 1.807) is 6.92 Å². The summed E-state index contributed by atoms with van der Waals surface area (Å²) in [6.45, 7) is 0.848. The van der Waals surface area contributed by atoms with Crippen LogP contribution in [0.3, 0.4) is 0 Å². The zero-order chi connectivity index (χ0) is 13.0. The lowest BCUT2D eigenvalue weighted by Crippen LogP contribution is -2.16. The van der Waals surface area contributed by atoms with Gasteiger partial charge >= 0.3 is 5.97 Å². The molecule has 0 bridgehead atoms. The normalized spacial score (nSPS) is 10.6. The Morgan fingerprint density at radius 1 is 1.59 bits per heavy atom. The van der Waals surface area contributed by atoms with Crippen molar-refractivity contribution < 1.29 is 23.1 Å². The molecule has 0 radical (unpaired) electrons. The molecule has 0 aromatic carbocycles. The molecule has 0 aliphatic rings. The fourth-order valence-corrected chi connectivity index (χ4v) is 1.24. The number of alkyl halides is 2. The highest BCUT2D eigenvalue weighted by molar-refractivity contribution is 6.67. The average molecular weight is 267 g/mol. The first-order chi connectivity index (χ1) is 7.95. The van der Waals surface area contributed by atoms with Gasteiger partial charge in [0.15, 0.2) is 0 Å². The number of ether oxygens (including phenoxy) is 1. The lowest BCUT2D eigenvalue weighted by molar-refractivity contribution is 0.0502. The van der Waals surface area contributed by atoms with Gasteiger partial charge in [-0.25, -0.2) is 13.6 Å². The topological polar surface area (TPSA) is 61.2 Å². The van der Waals surface area contributed by atoms with Gasteiger partial charge in [-0.05, 0) is 18.5 Å². The predicted octanol–water partition coefficient (Wildman–Crippen LogP) is 1.70. The Bertz CT molecular complexity index is 434. The molecule has 1 aromatic rings. The first kappa shape index (κ1) is 13.6. The fraction of sp³-hybridized carbons (Fsp3) is 0.444. The highest BCUT2D eigenvalue weighted by atomic mass is 35.5. The van der Waals surface area contributed by atoms with Gasteiger partial charge < -0.3 is 4.74 Å². The van der Waals surface area contributed by atoms with Gasteiger partial charge in [0.1, 0.15) is 17.9 Å². The molecule has 8 heteroatoms. The summed E-state index contributed by atoms with van der Waals surface area (Å²) in [6.07, 6.45) is -2.71. The van der Waals surface area contributed by atoms with Crippen molar-refractivity contribution >= 4 is 22.8 Å². The summed E-state index contributed by atoms with van der Waals surface area (Å²) < 4.78 is 29.8. The monoisotopic (exact) mass is 266 g/mol. The van der Waals surface area contributed by atoms with E-state index in [2.05, 4.69) is 9.84 Å². The third-order valence-corrected chi connectivity index (χ3v) is 1.97. The zero-order valence-corrected chi connectivity index (χ0v) is 9.58. The summed E-state index contributed by atoms with van der Waals surface area (Å²) in [7, 11) is 0. The number of esters is 1. The molecule has 5 nitrogen and oxygen atoms in total. The van der Waals surface area contributed by atoms with Crippen LogP contribution in [0.1, 0.15) is 27.9 Å². The number of aromatic nitrogens is 2. The van der Waals surface area contributed by atoms with Crippen LogP contribution in [-0.4, -0.2) is 34.0 Å². The fourth-order valence-electron chi connectivity index (χ4n) is 1.15. The second-order valence-electron chi connectivity index (χ2n) is 2.98. The van der Waals surface area contributed by atoms with E-state index in [1.807, 2.05) is 0 Å². The van der Waals surface area contributed by atoms with E-state index in [0.29, 0.717) is 4.68 Å². The Kier molecular flexibility index (Phi) is 4.56. The Morgan fingerprint density at radius 2 is 2.24 bits per heavy atom. The number of halogens is 3. The summed E-state index contributed by atoms with van der Waals surface area (Å²) in [6, 6.07) is 1.02. The van der Waals surface area contributed by atoms with Crippen molar-refractivity contribution in [2.45, 2.75) is 19.9 Å². The lowest BCUT2D eigenvalue weighted by atomic mass is 10.3. The standard InChI is InChI=1S/C9H9ClF2N2O3/c1-2-17-9(16)6-3-5(8(10)15)13-14(6)4-7(11)12/h3,7H,2,4H2,1H3. The molecule has 1 rings (SSSR count). The molecular formula is C9H9ClF2N2O3. The Labute approximate surface area is 100 Å². The van der Waals surface area contributed by atoms with E-state index < -0.39 is 24.2 Å². The molecule has 0 saturated carbocycles. The minimum atomic E-state index is -2.71. The van der Waals surface area contributed by atoms with E-state index in [-0.39, 0.29) is 18.0 Å². The van der Waals surface area contributed by atoms with Gasteiger partial charge in [-0.15, -0.1) is 0 Å². The number of carbonyl (C=O) groups is 2. The summed E-state index contributed by atoms with van der Waals surface area (Å²) in [5.41, 5.74) is -0.494. The summed E-state index contributed by atoms with van der Waals surface area (Å²) >= 11 is 5.15. The molecule has 0 saturated heterocycles. The van der Waals surface area contributed by atoms with Gasteiger partial charge in [-0.3, -0.25) is 9.48 Å². The quantitative estimate of drug-likeness (QED) is 0.601. The maximum absolute atomic E-state index is 12.2. The predicted molar refractivity (Wildman–Crippen MR) is 54.4 cm³/mol. The second kappa shape index (κ2) is 5.72. The molecule has 0 aliphatic heterocycles. The van der Waals surface area contributed by atoms with Crippen LogP contribution in [0.2, 0.25) is 0 Å². The van der Waals surface area contributed by atoms with Gasteiger partial charge in [0.25, 0.3) is 11.7 Å². The molecule has 0 unspecified atom stereocenters. The average Bonchev–Trinajstić information content (AvgIpc) is 2.61. The summed E-state index contributed by atoms with van der Waals surface area (Å²) in [5.74, 6) is -0.829. The van der Waals surface area contributed by atoms with E-state index in [4.69, 9.17) is 11.6 Å². The van der Waals surface area contributed by atoms with E-state index in [9.17, 15) is 18.4 Å². The number of hydrogen-bond donors (Lipinski definition) is 0. The van der Waals surface area contributed by atoms with E-state index in [0.717, 1.165) is 6.07 Å². The second-order valence-corrected chi connectivity index (χ2v) is 3.33. The number of carbonyl (C=O) groups excluding carboxylic acids is 2. The SMILES string of the molecule is CCOC(=O)c1cc(C(=O)Cl)nn1CC(F)F. The van der Waals surface area contributed by atoms with Crippen LogP contribution in [0.5, 0.6) is 0 Å². The minimum absolute atomic E-state index is 0.0862. The highest BCUT2D eigenvalue weighted by Gasteiger charge is 2.21. The largest absolute Gasteiger partial charge is 0.461 e. The van der Waals surface area contributed by atoms with Crippen LogP contribution in [0.4, 0.5) is 8.78 Å². The smallest absolute Gasteiger partial charge is 0.356 e. The molecule has 0 amide bonds. The van der Waals surface area contributed by atoms with Crippen molar-refractivity contribution in [3.8, 4) is 0 Å². The van der Waals surface area contributed by atoms with Gasteiger partial charge in [0, 0.05) is 6.07 Å². The maximum Gasteiger partial charge on any atom is 0.356 e. The van der Waals surface area contributed by atoms with Crippen molar-refractivity contribution in [2.75, 3.05) is 6.61 Å². The first-order valence-corrected chi connectivity index (χ1v) is 5.06. The molecule has 0 aliphatic carbocycles. The molecule has 0 N–H and O–H groups in total. The molecule has 0 atom stereocenters. The molecule has 0 spiro atoms. The van der Waals surface area contributed by atoms with Crippen LogP contribution in [-0.2, 0) is 11.3 Å². The van der Waals surface area contributed by atoms with Crippen molar-refractivity contribution in [3.05, 3.63) is 17.5 Å². The van der Waals surface area contributed by atoms with Gasteiger partial charge in [-0.1, -0.05) is 0 Å². The molecule has 94 valence electrons. The number of rotatable bonds is 5.